The van der Waals surface area contributed by atoms with E-state index in [1.54, 1.807) is 18.2 Å². The average Bonchev–Trinajstić information content (AvgIpc) is 2.76. The van der Waals surface area contributed by atoms with E-state index in [0.29, 0.717) is 15.9 Å². The summed E-state index contributed by atoms with van der Waals surface area (Å²) in [5.41, 5.74) is 5.74. The Kier molecular flexibility index (Phi) is 3.92. The number of ether oxygens (including phenoxy) is 1. The molecule has 3 N–H and O–H groups in total. The number of nitrogen functional groups attached to an aromatic ring is 1. The highest BCUT2D eigenvalue weighted by Crippen LogP contribution is 2.29. The summed E-state index contributed by atoms with van der Waals surface area (Å²) in [4.78, 5) is 0. The minimum absolute atomic E-state index is 0.0938. The van der Waals surface area contributed by atoms with E-state index in [1.807, 2.05) is 0 Å². The van der Waals surface area contributed by atoms with Gasteiger partial charge in [0.05, 0.1) is 17.3 Å². The predicted octanol–water partition coefficient (Wildman–Crippen LogP) is 1.69. The first kappa shape index (κ1) is 14.0. The molecule has 0 atom stereocenters. The number of methoxy groups -OCH3 is 1. The van der Waals surface area contributed by atoms with E-state index in [1.165, 1.54) is 7.11 Å². The van der Waals surface area contributed by atoms with Gasteiger partial charge in [0.2, 0.25) is 5.13 Å². The van der Waals surface area contributed by atoms with Gasteiger partial charge >= 0.3 is 0 Å². The van der Waals surface area contributed by atoms with Crippen LogP contribution in [0.2, 0.25) is 0 Å². The zero-order valence-electron chi connectivity index (χ0n) is 9.62. The molecule has 102 valence electrons. The first-order chi connectivity index (χ1) is 8.92. The molecule has 0 bridgehead atoms. The number of hydrogen-bond acceptors (Lipinski definition) is 7. The lowest BCUT2D eigenvalue weighted by Crippen LogP contribution is -2.12. The Labute approximate surface area is 122 Å². The summed E-state index contributed by atoms with van der Waals surface area (Å²) in [5.74, 6) is 0.600. The largest absolute Gasteiger partial charge is 0.496 e. The van der Waals surface area contributed by atoms with E-state index in [2.05, 4.69) is 30.8 Å². The van der Waals surface area contributed by atoms with Crippen molar-refractivity contribution in [1.29, 1.82) is 0 Å². The monoisotopic (exact) mass is 364 g/mol. The number of benzene rings is 1. The van der Waals surface area contributed by atoms with Crippen LogP contribution in [-0.2, 0) is 10.0 Å². The molecule has 0 radical (unpaired) electrons. The second-order valence-electron chi connectivity index (χ2n) is 3.36. The van der Waals surface area contributed by atoms with Gasteiger partial charge in [0.25, 0.3) is 14.4 Å². The maximum Gasteiger partial charge on any atom is 0.291 e. The predicted molar refractivity (Wildman–Crippen MR) is 75.8 cm³/mol. The normalized spacial score (nSPS) is 11.3. The summed E-state index contributed by atoms with van der Waals surface area (Å²) in [6.45, 7) is 0. The quantitative estimate of drug-likeness (QED) is 0.854. The SMILES string of the molecule is COc1ccc(NS(=O)(=O)c2nnc(N)s2)cc1Br. The molecule has 0 unspecified atom stereocenters. The van der Waals surface area contributed by atoms with Crippen LogP contribution in [-0.4, -0.2) is 25.7 Å². The third kappa shape index (κ3) is 3.14. The maximum atomic E-state index is 12.0. The number of sulfonamides is 1. The molecule has 1 heterocycles. The number of nitrogens with one attached hydrogen (secondary N) is 1. The standard InChI is InChI=1S/C9H9BrN4O3S2/c1-17-7-3-2-5(4-6(7)10)14-19(15,16)9-13-12-8(11)18-9/h2-4,14H,1H3,(H2,11,12). The van der Waals surface area contributed by atoms with Crippen molar-refractivity contribution >= 4 is 48.1 Å². The summed E-state index contributed by atoms with van der Waals surface area (Å²) < 4.78 is 31.8. The number of hydrogen-bond donors (Lipinski definition) is 2. The van der Waals surface area contributed by atoms with Gasteiger partial charge in [-0.3, -0.25) is 4.72 Å². The topological polar surface area (TPSA) is 107 Å². The van der Waals surface area contributed by atoms with Crippen LogP contribution >= 0.6 is 27.3 Å². The highest BCUT2D eigenvalue weighted by Gasteiger charge is 2.20. The Morgan fingerprint density at radius 1 is 1.42 bits per heavy atom. The van der Waals surface area contributed by atoms with Crippen molar-refractivity contribution in [3.8, 4) is 5.75 Å². The number of anilines is 2. The van der Waals surface area contributed by atoms with Crippen LogP contribution in [0.5, 0.6) is 5.75 Å². The summed E-state index contributed by atoms with van der Waals surface area (Å²) in [7, 11) is -2.25. The molecule has 1 aromatic carbocycles. The van der Waals surface area contributed by atoms with Crippen LogP contribution in [0.25, 0.3) is 0 Å². The molecular weight excluding hydrogens is 356 g/mol. The molecule has 0 spiro atoms. The lowest BCUT2D eigenvalue weighted by molar-refractivity contribution is 0.412. The molecule has 10 heteroatoms. The minimum atomic E-state index is -3.78. The van der Waals surface area contributed by atoms with Crippen LogP contribution in [0.1, 0.15) is 0 Å². The smallest absolute Gasteiger partial charge is 0.291 e. The number of halogens is 1. The maximum absolute atomic E-state index is 12.0. The average molecular weight is 365 g/mol. The van der Waals surface area contributed by atoms with Crippen LogP contribution in [0, 0.1) is 0 Å². The van der Waals surface area contributed by atoms with E-state index in [9.17, 15) is 8.42 Å². The molecule has 0 saturated heterocycles. The van der Waals surface area contributed by atoms with Crippen molar-refractivity contribution in [2.24, 2.45) is 0 Å². The van der Waals surface area contributed by atoms with Crippen molar-refractivity contribution in [2.75, 3.05) is 17.6 Å². The lowest BCUT2D eigenvalue weighted by Gasteiger charge is -2.08. The fourth-order valence-electron chi connectivity index (χ4n) is 1.26. The minimum Gasteiger partial charge on any atom is -0.496 e. The number of nitrogens with two attached hydrogens (primary N) is 1. The Hall–Kier alpha value is -1.39. The van der Waals surface area contributed by atoms with Crippen molar-refractivity contribution < 1.29 is 13.2 Å². The number of aromatic nitrogens is 2. The van der Waals surface area contributed by atoms with Crippen LogP contribution < -0.4 is 15.2 Å². The highest BCUT2D eigenvalue weighted by molar-refractivity contribution is 9.10. The second kappa shape index (κ2) is 5.31. The zero-order chi connectivity index (χ0) is 14.0. The molecule has 0 aliphatic heterocycles. The van der Waals surface area contributed by atoms with E-state index in [4.69, 9.17) is 10.5 Å². The first-order valence-corrected chi connectivity index (χ1v) is 7.97. The van der Waals surface area contributed by atoms with Gasteiger partial charge in [-0.25, -0.2) is 0 Å². The second-order valence-corrected chi connectivity index (χ2v) is 7.08. The molecule has 0 aliphatic rings. The molecular formula is C9H9BrN4O3S2. The molecule has 0 aliphatic carbocycles. The van der Waals surface area contributed by atoms with E-state index in [-0.39, 0.29) is 9.47 Å². The molecule has 7 nitrogen and oxygen atoms in total. The molecule has 19 heavy (non-hydrogen) atoms. The van der Waals surface area contributed by atoms with E-state index >= 15 is 0 Å². The fraction of sp³-hybridized carbons (Fsp3) is 0.111. The molecule has 2 rings (SSSR count). The lowest BCUT2D eigenvalue weighted by atomic mass is 10.3. The van der Waals surface area contributed by atoms with Gasteiger partial charge in [0.1, 0.15) is 5.75 Å². The van der Waals surface area contributed by atoms with Gasteiger partial charge in [-0.1, -0.05) is 11.3 Å². The summed E-state index contributed by atoms with van der Waals surface area (Å²) in [5, 5.41) is 7.06. The van der Waals surface area contributed by atoms with Gasteiger partial charge < -0.3 is 10.5 Å². The summed E-state index contributed by atoms with van der Waals surface area (Å²) in [6, 6.07) is 4.79. The summed E-state index contributed by atoms with van der Waals surface area (Å²) in [6.07, 6.45) is 0. The van der Waals surface area contributed by atoms with Crippen molar-refractivity contribution in [1.82, 2.24) is 10.2 Å². The van der Waals surface area contributed by atoms with E-state index in [0.717, 1.165) is 11.3 Å². The van der Waals surface area contributed by atoms with Crippen molar-refractivity contribution in [2.45, 2.75) is 4.34 Å². The van der Waals surface area contributed by atoms with Crippen LogP contribution in [0.3, 0.4) is 0 Å². The third-order valence-electron chi connectivity index (χ3n) is 2.06. The number of rotatable bonds is 4. The van der Waals surface area contributed by atoms with Gasteiger partial charge in [0.15, 0.2) is 0 Å². The molecule has 0 fully saturated rings. The van der Waals surface area contributed by atoms with Gasteiger partial charge in [-0.2, -0.15) is 8.42 Å². The molecule has 1 aromatic heterocycles. The molecule has 2 aromatic rings. The zero-order valence-corrected chi connectivity index (χ0v) is 12.8. The van der Waals surface area contributed by atoms with Gasteiger partial charge in [0, 0.05) is 0 Å². The van der Waals surface area contributed by atoms with Gasteiger partial charge in [-0.15, -0.1) is 10.2 Å². The van der Waals surface area contributed by atoms with Crippen molar-refractivity contribution in [3.05, 3.63) is 22.7 Å². The molecule has 0 amide bonds. The van der Waals surface area contributed by atoms with Crippen LogP contribution in [0.15, 0.2) is 27.0 Å². The first-order valence-electron chi connectivity index (χ1n) is 4.88. The Bertz CT molecular complexity index is 701. The fourth-order valence-corrected chi connectivity index (χ4v) is 3.63. The van der Waals surface area contributed by atoms with E-state index < -0.39 is 10.0 Å². The van der Waals surface area contributed by atoms with Crippen LogP contribution in [0.4, 0.5) is 10.8 Å². The molecule has 0 saturated carbocycles. The highest BCUT2D eigenvalue weighted by atomic mass is 79.9. The number of nitrogens with zero attached hydrogens (tertiary/aromatic N) is 2. The Morgan fingerprint density at radius 2 is 2.16 bits per heavy atom. The third-order valence-corrected chi connectivity index (χ3v) is 5.18. The van der Waals surface area contributed by atoms with Crippen molar-refractivity contribution in [3.63, 3.8) is 0 Å². The van der Waals surface area contributed by atoms with Gasteiger partial charge in [-0.05, 0) is 34.1 Å². The Balaban J connectivity index is 2.28. The summed E-state index contributed by atoms with van der Waals surface area (Å²) >= 11 is 4.06. The Morgan fingerprint density at radius 3 is 2.68 bits per heavy atom.